The molecule has 0 aromatic heterocycles. The van der Waals surface area contributed by atoms with Crippen LogP contribution in [0.5, 0.6) is 5.75 Å². The van der Waals surface area contributed by atoms with Gasteiger partial charge in [-0.25, -0.2) is 13.2 Å². The number of hydrogen-bond acceptors (Lipinski definition) is 6. The van der Waals surface area contributed by atoms with E-state index in [9.17, 15) is 18.0 Å². The Labute approximate surface area is 187 Å². The highest BCUT2D eigenvalue weighted by atomic mass is 35.5. The van der Waals surface area contributed by atoms with E-state index in [1.807, 2.05) is 0 Å². The number of halogens is 1. The van der Waals surface area contributed by atoms with Gasteiger partial charge in [-0.1, -0.05) is 11.6 Å². The van der Waals surface area contributed by atoms with Gasteiger partial charge in [0.1, 0.15) is 5.75 Å². The maximum atomic E-state index is 12.5. The lowest BCUT2D eigenvalue weighted by Crippen LogP contribution is -2.28. The van der Waals surface area contributed by atoms with Gasteiger partial charge in [-0.15, -0.1) is 0 Å². The van der Waals surface area contributed by atoms with Crippen molar-refractivity contribution in [3.63, 3.8) is 0 Å². The van der Waals surface area contributed by atoms with Crippen molar-refractivity contribution in [2.75, 3.05) is 19.7 Å². The molecule has 0 aliphatic carbocycles. The van der Waals surface area contributed by atoms with Gasteiger partial charge in [0.05, 0.1) is 4.90 Å². The summed E-state index contributed by atoms with van der Waals surface area (Å²) >= 11 is 5.91. The Morgan fingerprint density at radius 2 is 1.74 bits per heavy atom. The van der Waals surface area contributed by atoms with Crippen LogP contribution < -0.4 is 4.74 Å². The third-order valence-electron chi connectivity index (χ3n) is 5.00. The molecule has 0 radical (unpaired) electrons. The zero-order valence-electron chi connectivity index (χ0n) is 17.3. The fraction of sp³-hybridized carbons (Fsp3) is 0.364. The van der Waals surface area contributed by atoms with Crippen LogP contribution in [0.25, 0.3) is 0 Å². The minimum Gasteiger partial charge on any atom is -0.479 e. The van der Waals surface area contributed by atoms with Gasteiger partial charge in [0, 0.05) is 23.7 Å². The van der Waals surface area contributed by atoms with E-state index in [2.05, 4.69) is 0 Å². The zero-order chi connectivity index (χ0) is 22.6. The molecular weight excluding hydrogens is 442 g/mol. The maximum absolute atomic E-state index is 12.5. The van der Waals surface area contributed by atoms with Crippen molar-refractivity contribution < 1.29 is 27.5 Å². The quantitative estimate of drug-likeness (QED) is 0.437. The number of carbonyl (C=O) groups excluding carboxylic acids is 2. The lowest BCUT2D eigenvalue weighted by atomic mass is 10.1. The van der Waals surface area contributed by atoms with Crippen LogP contribution in [0, 0.1) is 6.92 Å². The van der Waals surface area contributed by atoms with Gasteiger partial charge in [0.25, 0.3) is 0 Å². The summed E-state index contributed by atoms with van der Waals surface area (Å²) in [6, 6.07) is 10.7. The SMILES string of the molecule is Cc1cc(Cl)ccc1OC(C)C(=O)OCC(=O)c1ccc(S(=O)(=O)N2CCCC2)cc1. The lowest BCUT2D eigenvalue weighted by molar-refractivity contribution is -0.149. The molecule has 31 heavy (non-hydrogen) atoms. The van der Waals surface area contributed by atoms with E-state index in [-0.39, 0.29) is 10.5 Å². The maximum Gasteiger partial charge on any atom is 0.347 e. The number of benzene rings is 2. The van der Waals surface area contributed by atoms with Gasteiger partial charge in [-0.3, -0.25) is 4.79 Å². The normalized spacial score (nSPS) is 15.5. The average Bonchev–Trinajstić information content (AvgIpc) is 3.29. The fourth-order valence-corrected chi connectivity index (χ4v) is 4.96. The van der Waals surface area contributed by atoms with E-state index in [0.717, 1.165) is 18.4 Å². The summed E-state index contributed by atoms with van der Waals surface area (Å²) in [6.45, 7) is 3.88. The summed E-state index contributed by atoms with van der Waals surface area (Å²) in [4.78, 5) is 24.7. The number of esters is 1. The summed E-state index contributed by atoms with van der Waals surface area (Å²) in [6.07, 6.45) is 0.780. The third kappa shape index (κ3) is 5.64. The van der Waals surface area contributed by atoms with Crippen LogP contribution in [0.2, 0.25) is 5.02 Å². The van der Waals surface area contributed by atoms with E-state index in [4.69, 9.17) is 21.1 Å². The Kier molecular flexibility index (Phi) is 7.35. The van der Waals surface area contributed by atoms with Gasteiger partial charge in [-0.2, -0.15) is 4.31 Å². The number of rotatable bonds is 8. The van der Waals surface area contributed by atoms with Gasteiger partial charge in [0.2, 0.25) is 10.0 Å². The van der Waals surface area contributed by atoms with Crippen LogP contribution in [0.1, 0.15) is 35.7 Å². The monoisotopic (exact) mass is 465 g/mol. The number of ether oxygens (including phenoxy) is 2. The largest absolute Gasteiger partial charge is 0.479 e. The van der Waals surface area contributed by atoms with Gasteiger partial charge >= 0.3 is 5.97 Å². The first-order valence-electron chi connectivity index (χ1n) is 9.91. The summed E-state index contributed by atoms with van der Waals surface area (Å²) in [5.74, 6) is -0.626. The molecule has 7 nitrogen and oxygen atoms in total. The Balaban J connectivity index is 1.55. The number of Topliss-reactive ketones (excluding diaryl/α,β-unsaturated/α-hetero) is 1. The zero-order valence-corrected chi connectivity index (χ0v) is 18.9. The second kappa shape index (κ2) is 9.80. The van der Waals surface area contributed by atoms with Crippen molar-refractivity contribution in [2.24, 2.45) is 0 Å². The number of sulfonamides is 1. The molecule has 0 saturated carbocycles. The van der Waals surface area contributed by atoms with Gasteiger partial charge < -0.3 is 9.47 Å². The highest BCUT2D eigenvalue weighted by Gasteiger charge is 2.27. The van der Waals surface area contributed by atoms with E-state index in [1.54, 1.807) is 25.1 Å². The first-order chi connectivity index (χ1) is 14.7. The summed E-state index contributed by atoms with van der Waals surface area (Å²) in [5.41, 5.74) is 1.03. The minimum absolute atomic E-state index is 0.142. The average molecular weight is 466 g/mol. The first kappa shape index (κ1) is 23.2. The Hall–Kier alpha value is -2.42. The summed E-state index contributed by atoms with van der Waals surface area (Å²) in [7, 11) is -3.54. The second-order valence-electron chi connectivity index (χ2n) is 7.34. The fourth-order valence-electron chi connectivity index (χ4n) is 3.21. The number of ketones is 1. The van der Waals surface area contributed by atoms with Crippen molar-refractivity contribution in [3.05, 3.63) is 58.6 Å². The van der Waals surface area contributed by atoms with Crippen molar-refractivity contribution in [3.8, 4) is 5.75 Å². The standard InChI is InChI=1S/C22H24ClNO6S/c1-15-13-18(23)7-10-21(15)30-16(2)22(26)29-14-20(25)17-5-8-19(9-6-17)31(27,28)24-11-3-4-12-24/h5-10,13,16H,3-4,11-12,14H2,1-2H3. The molecule has 166 valence electrons. The molecule has 9 heteroatoms. The number of carbonyl (C=O) groups is 2. The molecular formula is C22H24ClNO6S. The van der Waals surface area contributed by atoms with Gasteiger partial charge in [0.15, 0.2) is 18.5 Å². The van der Waals surface area contributed by atoms with Crippen LogP contribution >= 0.6 is 11.6 Å². The number of aryl methyl sites for hydroxylation is 1. The van der Waals surface area contributed by atoms with Crippen LogP contribution in [-0.4, -0.2) is 50.3 Å². The molecule has 0 spiro atoms. The lowest BCUT2D eigenvalue weighted by Gasteiger charge is -2.16. The van der Waals surface area contributed by atoms with E-state index < -0.39 is 34.5 Å². The molecule has 1 aliphatic heterocycles. The Bertz CT molecular complexity index is 1060. The Morgan fingerprint density at radius 1 is 1.10 bits per heavy atom. The molecule has 1 atom stereocenters. The number of hydrogen-bond donors (Lipinski definition) is 0. The van der Waals surface area contributed by atoms with E-state index in [1.165, 1.54) is 35.5 Å². The van der Waals surface area contributed by atoms with Crippen molar-refractivity contribution in [1.82, 2.24) is 4.31 Å². The van der Waals surface area contributed by atoms with E-state index in [0.29, 0.717) is 23.9 Å². The molecule has 1 unspecified atom stereocenters. The molecule has 3 rings (SSSR count). The third-order valence-corrected chi connectivity index (χ3v) is 7.15. The molecule has 2 aromatic carbocycles. The molecule has 1 heterocycles. The minimum atomic E-state index is -3.54. The summed E-state index contributed by atoms with van der Waals surface area (Å²) < 4.78 is 37.2. The molecule has 1 saturated heterocycles. The highest BCUT2D eigenvalue weighted by Crippen LogP contribution is 2.23. The molecule has 2 aromatic rings. The predicted molar refractivity (Wildman–Crippen MR) is 116 cm³/mol. The Morgan fingerprint density at radius 3 is 2.35 bits per heavy atom. The van der Waals surface area contributed by atoms with Crippen LogP contribution in [0.4, 0.5) is 0 Å². The first-order valence-corrected chi connectivity index (χ1v) is 11.7. The van der Waals surface area contributed by atoms with Gasteiger partial charge in [-0.05, 0) is 74.7 Å². The molecule has 0 bridgehead atoms. The van der Waals surface area contributed by atoms with E-state index >= 15 is 0 Å². The molecule has 0 N–H and O–H groups in total. The van der Waals surface area contributed by atoms with Crippen molar-refractivity contribution >= 4 is 33.4 Å². The molecule has 1 aliphatic rings. The van der Waals surface area contributed by atoms with Crippen molar-refractivity contribution in [1.29, 1.82) is 0 Å². The van der Waals surface area contributed by atoms with Crippen LogP contribution in [-0.2, 0) is 19.6 Å². The molecule has 0 amide bonds. The van der Waals surface area contributed by atoms with Crippen LogP contribution in [0.15, 0.2) is 47.4 Å². The highest BCUT2D eigenvalue weighted by molar-refractivity contribution is 7.89. The van der Waals surface area contributed by atoms with Crippen LogP contribution in [0.3, 0.4) is 0 Å². The number of nitrogens with zero attached hydrogens (tertiary/aromatic N) is 1. The summed E-state index contributed by atoms with van der Waals surface area (Å²) in [5, 5.41) is 0.560. The van der Waals surface area contributed by atoms with Crippen molar-refractivity contribution in [2.45, 2.75) is 37.7 Å². The second-order valence-corrected chi connectivity index (χ2v) is 9.71. The predicted octanol–water partition coefficient (Wildman–Crippen LogP) is 3.63. The smallest absolute Gasteiger partial charge is 0.347 e. The topological polar surface area (TPSA) is 90.0 Å². The molecule has 1 fully saturated rings.